The smallest absolute Gasteiger partial charge is 0.282 e. The molecular weight excluding hydrogens is 506 g/mol. The van der Waals surface area contributed by atoms with Crippen LogP contribution in [-0.4, -0.2) is 40.7 Å². The van der Waals surface area contributed by atoms with Crippen LogP contribution in [0.3, 0.4) is 0 Å². The van der Waals surface area contributed by atoms with Gasteiger partial charge < -0.3 is 14.7 Å². The van der Waals surface area contributed by atoms with Crippen molar-refractivity contribution >= 4 is 29.1 Å². The number of morpholine rings is 1. The van der Waals surface area contributed by atoms with Crippen LogP contribution in [0.2, 0.25) is 5.02 Å². The number of hydrogen-bond acceptors (Lipinski definition) is 5. The van der Waals surface area contributed by atoms with Crippen molar-refractivity contribution in [2.45, 2.75) is 34.8 Å². The summed E-state index contributed by atoms with van der Waals surface area (Å²) in [6.07, 6.45) is 2.86. The molecule has 0 bridgehead atoms. The van der Waals surface area contributed by atoms with Crippen molar-refractivity contribution in [3.63, 3.8) is 0 Å². The highest BCUT2D eigenvalue weighted by Gasteiger charge is 2.35. The second kappa shape index (κ2) is 10.3. The van der Waals surface area contributed by atoms with E-state index in [2.05, 4.69) is 34.3 Å². The van der Waals surface area contributed by atoms with Gasteiger partial charge in [-0.25, -0.2) is 4.68 Å². The Kier molecular flexibility index (Phi) is 6.76. The maximum Gasteiger partial charge on any atom is 0.282 e. The van der Waals surface area contributed by atoms with Crippen LogP contribution in [0.15, 0.2) is 93.4 Å². The molecule has 0 radical (unpaired) electrons. The number of anilines is 1. The van der Waals surface area contributed by atoms with E-state index < -0.39 is 6.04 Å². The Morgan fingerprint density at radius 2 is 1.68 bits per heavy atom. The molecule has 2 unspecified atom stereocenters. The lowest BCUT2D eigenvalue weighted by Crippen LogP contribution is -2.43. The van der Waals surface area contributed by atoms with Gasteiger partial charge in [-0.2, -0.15) is 0 Å². The zero-order valence-corrected chi connectivity index (χ0v) is 21.8. The van der Waals surface area contributed by atoms with Crippen LogP contribution in [0, 0.1) is 5.92 Å². The van der Waals surface area contributed by atoms with Crippen molar-refractivity contribution in [1.82, 2.24) is 9.78 Å². The van der Waals surface area contributed by atoms with Crippen LogP contribution < -0.4 is 10.5 Å². The van der Waals surface area contributed by atoms with Crippen LogP contribution >= 0.6 is 23.4 Å². The van der Waals surface area contributed by atoms with Crippen molar-refractivity contribution in [1.29, 1.82) is 0 Å². The second-order valence-corrected chi connectivity index (χ2v) is 11.1. The normalized spacial score (nSPS) is 18.6. The number of hydrogen-bond donors (Lipinski definition) is 2. The third kappa shape index (κ3) is 5.04. The van der Waals surface area contributed by atoms with E-state index in [-0.39, 0.29) is 16.3 Å². The molecule has 1 aliphatic heterocycles. The zero-order valence-electron chi connectivity index (χ0n) is 20.2. The van der Waals surface area contributed by atoms with Gasteiger partial charge in [0.15, 0.2) is 0 Å². The number of rotatable bonds is 7. The topological polar surface area (TPSA) is 70.5 Å². The number of aromatic nitrogens is 2. The molecule has 1 saturated carbocycles. The van der Waals surface area contributed by atoms with E-state index >= 15 is 0 Å². The van der Waals surface area contributed by atoms with Gasteiger partial charge >= 0.3 is 0 Å². The number of aromatic hydroxyl groups is 1. The first-order valence-electron chi connectivity index (χ1n) is 12.6. The van der Waals surface area contributed by atoms with Gasteiger partial charge in [0.1, 0.15) is 10.9 Å². The third-order valence-electron chi connectivity index (χ3n) is 7.10. The fourth-order valence-corrected chi connectivity index (χ4v) is 6.11. The molecule has 2 aliphatic rings. The number of benzene rings is 3. The summed E-state index contributed by atoms with van der Waals surface area (Å²) >= 11 is 7.47. The molecule has 190 valence electrons. The minimum absolute atomic E-state index is 0.117. The molecule has 1 saturated heterocycles. The summed E-state index contributed by atoms with van der Waals surface area (Å²) in [5, 5.41) is 14.6. The minimum atomic E-state index is -0.410. The van der Waals surface area contributed by atoms with Crippen molar-refractivity contribution in [3.05, 3.63) is 105 Å². The Balaban J connectivity index is 1.33. The molecule has 6 rings (SSSR count). The van der Waals surface area contributed by atoms with Crippen LogP contribution in [-0.2, 0) is 4.74 Å². The van der Waals surface area contributed by atoms with Gasteiger partial charge in [-0.05, 0) is 54.2 Å². The molecule has 8 heteroatoms. The molecular formula is C29H28ClN3O3S. The molecule has 2 fully saturated rings. The maximum atomic E-state index is 13.0. The fourth-order valence-electron chi connectivity index (χ4n) is 5.00. The highest BCUT2D eigenvalue weighted by Crippen LogP contribution is 2.39. The van der Waals surface area contributed by atoms with Gasteiger partial charge in [-0.15, -0.1) is 0 Å². The molecule has 4 aromatic rings. The second-order valence-electron chi connectivity index (χ2n) is 9.59. The lowest BCUT2D eigenvalue weighted by atomic mass is 9.98. The summed E-state index contributed by atoms with van der Waals surface area (Å²) in [6, 6.07) is 25.1. The molecule has 3 aromatic carbocycles. The van der Waals surface area contributed by atoms with E-state index in [0.29, 0.717) is 21.9 Å². The Bertz CT molecular complexity index is 1430. The summed E-state index contributed by atoms with van der Waals surface area (Å²) in [5.74, 6) is 0.587. The van der Waals surface area contributed by atoms with Gasteiger partial charge in [0.2, 0.25) is 5.88 Å². The Hall–Kier alpha value is -3.13. The average molecular weight is 534 g/mol. The zero-order chi connectivity index (χ0) is 25.4. The number of ether oxygens (including phenoxy) is 1. The van der Waals surface area contributed by atoms with Crippen molar-refractivity contribution in [3.8, 4) is 5.88 Å². The van der Waals surface area contributed by atoms with Crippen LogP contribution in [0.25, 0.3) is 0 Å². The molecule has 0 spiro atoms. The molecule has 1 aromatic heterocycles. The first-order valence-corrected chi connectivity index (χ1v) is 13.8. The van der Waals surface area contributed by atoms with Crippen molar-refractivity contribution in [2.24, 2.45) is 5.92 Å². The van der Waals surface area contributed by atoms with E-state index in [4.69, 9.17) is 16.3 Å². The predicted octanol–water partition coefficient (Wildman–Crippen LogP) is 5.94. The molecule has 37 heavy (non-hydrogen) atoms. The lowest BCUT2D eigenvalue weighted by molar-refractivity contribution is 0.0264. The summed E-state index contributed by atoms with van der Waals surface area (Å²) < 4.78 is 7.54. The van der Waals surface area contributed by atoms with E-state index in [0.717, 1.165) is 48.3 Å². The van der Waals surface area contributed by atoms with Gasteiger partial charge in [0.05, 0.1) is 17.7 Å². The highest BCUT2D eigenvalue weighted by molar-refractivity contribution is 7.99. The van der Waals surface area contributed by atoms with Crippen LogP contribution in [0.5, 0.6) is 5.88 Å². The quantitative estimate of drug-likeness (QED) is 0.308. The van der Waals surface area contributed by atoms with Crippen LogP contribution in [0.1, 0.15) is 30.0 Å². The average Bonchev–Trinajstić information content (AvgIpc) is 3.75. The Labute approximate surface area is 224 Å². The largest absolute Gasteiger partial charge is 0.493 e. The molecule has 2 heterocycles. The van der Waals surface area contributed by atoms with Gasteiger partial charge in [0.25, 0.3) is 5.56 Å². The molecule has 6 nitrogen and oxygen atoms in total. The summed E-state index contributed by atoms with van der Waals surface area (Å²) in [4.78, 5) is 16.3. The highest BCUT2D eigenvalue weighted by atomic mass is 35.5. The number of nitrogens with zero attached hydrogens (tertiary/aromatic N) is 2. The van der Waals surface area contributed by atoms with Crippen molar-refractivity contribution in [2.75, 3.05) is 24.6 Å². The third-order valence-corrected chi connectivity index (χ3v) is 8.69. The Morgan fingerprint density at radius 1 is 0.973 bits per heavy atom. The number of halogens is 1. The SMILES string of the molecule is O=c1[nH]n(C(c2ccccc2)c2ccc(N3CCOC(C4CC4)C3)cc2)c(O)c1Sc1ccccc1Cl. The number of nitrogens with one attached hydrogen (secondary N) is 1. The van der Waals surface area contributed by atoms with E-state index in [9.17, 15) is 9.90 Å². The van der Waals surface area contributed by atoms with E-state index in [1.807, 2.05) is 48.5 Å². The molecule has 0 amide bonds. The fraction of sp³-hybridized carbons (Fsp3) is 0.276. The maximum absolute atomic E-state index is 13.0. The first kappa shape index (κ1) is 24.2. The van der Waals surface area contributed by atoms with E-state index in [1.54, 1.807) is 10.7 Å². The molecule has 2 N–H and O–H groups in total. The minimum Gasteiger partial charge on any atom is -0.493 e. The van der Waals surface area contributed by atoms with Gasteiger partial charge in [-0.1, -0.05) is 78.0 Å². The summed E-state index contributed by atoms with van der Waals surface area (Å²) in [5.41, 5.74) is 2.70. The predicted molar refractivity (Wildman–Crippen MR) is 147 cm³/mol. The van der Waals surface area contributed by atoms with Gasteiger partial charge in [-0.3, -0.25) is 9.89 Å². The van der Waals surface area contributed by atoms with Crippen LogP contribution in [0.4, 0.5) is 5.69 Å². The van der Waals surface area contributed by atoms with Gasteiger partial charge in [0, 0.05) is 23.7 Å². The molecule has 2 atom stereocenters. The summed E-state index contributed by atoms with van der Waals surface area (Å²) in [7, 11) is 0. The van der Waals surface area contributed by atoms with E-state index in [1.165, 1.54) is 12.8 Å². The number of aromatic amines is 1. The standard InChI is InChI=1S/C29H28ClN3O3S/c30-23-8-4-5-9-25(23)37-27-28(34)31-33(29(27)35)26(20-6-2-1-3-7-20)21-12-14-22(15-13-21)32-16-17-36-24(18-32)19-10-11-19/h1-9,12-15,19,24,26,35H,10-11,16-18H2,(H,31,34). The first-order chi connectivity index (χ1) is 18.1. The van der Waals surface area contributed by atoms with Crippen molar-refractivity contribution < 1.29 is 9.84 Å². The summed E-state index contributed by atoms with van der Waals surface area (Å²) in [6.45, 7) is 2.54. The Morgan fingerprint density at radius 3 is 2.41 bits per heavy atom. The number of H-pyrrole nitrogens is 1. The monoisotopic (exact) mass is 533 g/mol. The lowest BCUT2D eigenvalue weighted by Gasteiger charge is -2.35. The molecule has 1 aliphatic carbocycles.